The highest BCUT2D eigenvalue weighted by Gasteiger charge is 2.26. The first kappa shape index (κ1) is 26.0. The van der Waals surface area contributed by atoms with Crippen LogP contribution in [-0.4, -0.2) is 24.7 Å². The summed E-state index contributed by atoms with van der Waals surface area (Å²) in [7, 11) is 0. The van der Waals surface area contributed by atoms with Gasteiger partial charge in [-0.05, 0) is 76.5 Å². The number of ether oxygens (including phenoxy) is 1. The second kappa shape index (κ2) is 11.4. The Hall–Kier alpha value is -4.28. The van der Waals surface area contributed by atoms with Gasteiger partial charge in [0.15, 0.2) is 0 Å². The van der Waals surface area contributed by atoms with E-state index in [-0.39, 0.29) is 11.8 Å². The molecule has 40 heavy (non-hydrogen) atoms. The number of hydrogen-bond acceptors (Lipinski definition) is 6. The Balaban J connectivity index is 1.19. The van der Waals surface area contributed by atoms with E-state index in [1.165, 1.54) is 26.8 Å². The van der Waals surface area contributed by atoms with E-state index in [0.717, 1.165) is 47.7 Å². The molecule has 200 valence electrons. The zero-order valence-corrected chi connectivity index (χ0v) is 23.5. The molecule has 0 saturated heterocycles. The molecule has 4 aromatic rings. The van der Waals surface area contributed by atoms with Gasteiger partial charge < -0.3 is 9.64 Å². The number of rotatable bonds is 8. The van der Waals surface area contributed by atoms with Crippen molar-refractivity contribution in [1.82, 2.24) is 0 Å². The molecule has 1 amide bonds. The van der Waals surface area contributed by atoms with E-state index in [1.54, 1.807) is 11.3 Å². The maximum atomic E-state index is 12.5. The standard InChI is InChI=1S/C33H30N4O2S/c1-3-6-24(18-25-19-34-36-35-25)23-10-12-26(13-11-23)39-20-22-9-14-32-29(17-22)30(21-40-32)27-7-5-8-31-28(27)15-16-37(31)33(38)4-2/h5,7-14,17,21,24H,4,15-16,18-20H2,1-2H3/t24-/m0/s1. The van der Waals surface area contributed by atoms with Crippen LogP contribution in [0.5, 0.6) is 5.75 Å². The number of anilines is 1. The molecule has 6 rings (SSSR count). The van der Waals surface area contributed by atoms with Gasteiger partial charge in [-0.15, -0.1) is 22.4 Å². The highest BCUT2D eigenvalue weighted by atomic mass is 32.1. The van der Waals surface area contributed by atoms with E-state index in [9.17, 15) is 4.79 Å². The summed E-state index contributed by atoms with van der Waals surface area (Å²) in [6.45, 7) is 5.58. The summed E-state index contributed by atoms with van der Waals surface area (Å²) < 4.78 is 7.43. The first-order valence-electron chi connectivity index (χ1n) is 13.6. The van der Waals surface area contributed by atoms with E-state index in [4.69, 9.17) is 4.74 Å². The van der Waals surface area contributed by atoms with Gasteiger partial charge in [-0.2, -0.15) is 5.11 Å². The van der Waals surface area contributed by atoms with Crippen LogP contribution < -0.4 is 9.64 Å². The normalized spacial score (nSPS) is 14.6. The van der Waals surface area contributed by atoms with Crippen molar-refractivity contribution in [1.29, 1.82) is 0 Å². The lowest BCUT2D eigenvalue weighted by molar-refractivity contribution is -0.118. The van der Waals surface area contributed by atoms with Gasteiger partial charge in [0.05, 0.1) is 11.6 Å². The molecule has 0 saturated carbocycles. The summed E-state index contributed by atoms with van der Waals surface area (Å²) in [4.78, 5) is 14.4. The highest BCUT2D eigenvalue weighted by molar-refractivity contribution is 7.17. The van der Waals surface area contributed by atoms with E-state index >= 15 is 0 Å². The number of carbonyl (C=O) groups excluding carboxylic acids is 1. The van der Waals surface area contributed by atoms with Crippen molar-refractivity contribution in [3.05, 3.63) is 82.7 Å². The van der Waals surface area contributed by atoms with Crippen LogP contribution in [0, 0.1) is 11.8 Å². The number of hydrogen-bond donors (Lipinski definition) is 0. The Morgan fingerprint density at radius 2 is 2.00 bits per heavy atom. The second-order valence-electron chi connectivity index (χ2n) is 10.00. The minimum Gasteiger partial charge on any atom is -0.489 e. The van der Waals surface area contributed by atoms with Crippen LogP contribution in [0.25, 0.3) is 21.2 Å². The van der Waals surface area contributed by atoms with Gasteiger partial charge in [-0.1, -0.05) is 43.2 Å². The van der Waals surface area contributed by atoms with Crippen LogP contribution in [0.2, 0.25) is 0 Å². The first-order chi connectivity index (χ1) is 19.6. The predicted octanol–water partition coefficient (Wildman–Crippen LogP) is 7.77. The summed E-state index contributed by atoms with van der Waals surface area (Å²) >= 11 is 1.76. The third kappa shape index (κ3) is 5.15. The zero-order chi connectivity index (χ0) is 27.5. The predicted molar refractivity (Wildman–Crippen MR) is 162 cm³/mol. The molecule has 1 aromatic heterocycles. The molecular weight excluding hydrogens is 516 g/mol. The molecule has 3 aromatic carbocycles. The van der Waals surface area contributed by atoms with E-state index in [2.05, 4.69) is 81.2 Å². The number of thiophene rings is 1. The van der Waals surface area contributed by atoms with Crippen LogP contribution >= 0.6 is 11.3 Å². The fraction of sp³-hybridized carbons (Fsp3) is 0.273. The molecule has 0 fully saturated rings. The molecule has 0 spiro atoms. The summed E-state index contributed by atoms with van der Waals surface area (Å²) in [5.74, 6) is 7.40. The van der Waals surface area contributed by atoms with Crippen molar-refractivity contribution in [3.8, 4) is 28.7 Å². The van der Waals surface area contributed by atoms with Crippen molar-refractivity contribution in [3.63, 3.8) is 0 Å². The molecule has 0 radical (unpaired) electrons. The minimum absolute atomic E-state index is 0.0623. The van der Waals surface area contributed by atoms with Crippen molar-refractivity contribution < 1.29 is 9.53 Å². The third-order valence-electron chi connectivity index (χ3n) is 7.51. The van der Waals surface area contributed by atoms with Crippen molar-refractivity contribution in [2.24, 2.45) is 15.4 Å². The van der Waals surface area contributed by atoms with Gasteiger partial charge in [0.1, 0.15) is 18.9 Å². The molecule has 0 unspecified atom stereocenters. The molecule has 2 aliphatic heterocycles. The summed E-state index contributed by atoms with van der Waals surface area (Å²) in [6.07, 6.45) is 2.14. The molecule has 0 aliphatic carbocycles. The molecule has 6 nitrogen and oxygen atoms in total. The van der Waals surface area contributed by atoms with E-state index < -0.39 is 0 Å². The SMILES string of the molecule is CC#C[C@@H](CC1=NN=NC1)c1ccc(OCc2ccc3scc(-c4cccc5c4CCN5C(=O)CC)c3c2)cc1. The van der Waals surface area contributed by atoms with E-state index in [0.29, 0.717) is 19.6 Å². The molecule has 2 aliphatic rings. The van der Waals surface area contributed by atoms with Gasteiger partial charge in [0, 0.05) is 40.7 Å². The quantitative estimate of drug-likeness (QED) is 0.212. The third-order valence-corrected chi connectivity index (χ3v) is 8.47. The second-order valence-corrected chi connectivity index (χ2v) is 10.9. The lowest BCUT2D eigenvalue weighted by atomic mass is 9.94. The molecule has 0 N–H and O–H groups in total. The topological polar surface area (TPSA) is 66.6 Å². The summed E-state index contributed by atoms with van der Waals surface area (Å²) in [5, 5.41) is 15.3. The van der Waals surface area contributed by atoms with Gasteiger partial charge >= 0.3 is 0 Å². The van der Waals surface area contributed by atoms with Gasteiger partial charge in [-0.25, -0.2) is 0 Å². The molecule has 1 atom stereocenters. The van der Waals surface area contributed by atoms with Gasteiger partial charge in [0.25, 0.3) is 0 Å². The van der Waals surface area contributed by atoms with Gasteiger partial charge in [-0.3, -0.25) is 4.79 Å². The van der Waals surface area contributed by atoms with Crippen LogP contribution in [-0.2, 0) is 17.8 Å². The van der Waals surface area contributed by atoms with E-state index in [1.807, 2.05) is 30.9 Å². The average Bonchev–Trinajstić information content (AvgIpc) is 3.75. The highest BCUT2D eigenvalue weighted by Crippen LogP contribution is 2.41. The van der Waals surface area contributed by atoms with Crippen molar-refractivity contribution >= 4 is 38.7 Å². The Morgan fingerprint density at radius 3 is 2.77 bits per heavy atom. The lowest BCUT2D eigenvalue weighted by Crippen LogP contribution is -2.27. The monoisotopic (exact) mass is 546 g/mol. The number of carbonyl (C=O) groups is 1. The minimum atomic E-state index is 0.0623. The number of amides is 1. The summed E-state index contributed by atoms with van der Waals surface area (Å²) in [5.41, 5.74) is 7.98. The Bertz CT molecular complexity index is 1690. The first-order valence-corrected chi connectivity index (χ1v) is 14.5. The molecule has 3 heterocycles. The van der Waals surface area contributed by atoms with Crippen LogP contribution in [0.15, 0.2) is 81.5 Å². The van der Waals surface area contributed by atoms with Crippen LogP contribution in [0.4, 0.5) is 5.69 Å². The number of benzene rings is 3. The Kier molecular flexibility index (Phi) is 7.43. The Morgan fingerprint density at radius 1 is 1.12 bits per heavy atom. The average molecular weight is 547 g/mol. The molecular formula is C33H30N4O2S. The lowest BCUT2D eigenvalue weighted by Gasteiger charge is -2.17. The molecule has 0 bridgehead atoms. The fourth-order valence-electron chi connectivity index (χ4n) is 5.48. The van der Waals surface area contributed by atoms with Crippen LogP contribution in [0.3, 0.4) is 0 Å². The maximum absolute atomic E-state index is 12.5. The maximum Gasteiger partial charge on any atom is 0.226 e. The summed E-state index contributed by atoms with van der Waals surface area (Å²) in [6, 6.07) is 21.1. The van der Waals surface area contributed by atoms with Gasteiger partial charge in [0.2, 0.25) is 5.91 Å². The number of nitrogens with zero attached hydrogens (tertiary/aromatic N) is 4. The zero-order valence-electron chi connectivity index (χ0n) is 22.7. The van der Waals surface area contributed by atoms with Crippen molar-refractivity contribution in [2.45, 2.75) is 45.6 Å². The van der Waals surface area contributed by atoms with Crippen LogP contribution in [0.1, 0.15) is 49.3 Å². The number of fused-ring (bicyclic) bond motifs is 2. The van der Waals surface area contributed by atoms with Crippen molar-refractivity contribution in [2.75, 3.05) is 18.0 Å². The smallest absolute Gasteiger partial charge is 0.226 e. The fourth-order valence-corrected chi connectivity index (χ4v) is 6.42. The molecule has 7 heteroatoms. The largest absolute Gasteiger partial charge is 0.489 e. The Labute approximate surface area is 238 Å².